The number of nitrogens with zero attached hydrogens (tertiary/aromatic N) is 3. The highest BCUT2D eigenvalue weighted by atomic mass is 16.5. The van der Waals surface area contributed by atoms with Crippen molar-refractivity contribution in [2.75, 3.05) is 25.1 Å². The van der Waals surface area contributed by atoms with Gasteiger partial charge in [0.05, 0.1) is 18.7 Å². The van der Waals surface area contributed by atoms with Crippen LogP contribution in [0, 0.1) is 0 Å². The number of anilines is 1. The molecule has 2 heterocycles. The van der Waals surface area contributed by atoms with Crippen molar-refractivity contribution in [3.8, 4) is 5.75 Å². The zero-order valence-electron chi connectivity index (χ0n) is 16.9. The van der Waals surface area contributed by atoms with Crippen molar-refractivity contribution in [1.82, 2.24) is 15.3 Å². The minimum Gasteiger partial charge on any atom is -0.497 e. The van der Waals surface area contributed by atoms with E-state index in [4.69, 9.17) is 4.74 Å². The van der Waals surface area contributed by atoms with E-state index in [0.29, 0.717) is 5.56 Å². The summed E-state index contributed by atoms with van der Waals surface area (Å²) in [6, 6.07) is 13.3. The van der Waals surface area contributed by atoms with Crippen molar-refractivity contribution in [2.24, 2.45) is 0 Å². The third-order valence-corrected chi connectivity index (χ3v) is 5.50. The summed E-state index contributed by atoms with van der Waals surface area (Å²) < 4.78 is 5.20. The van der Waals surface area contributed by atoms with Gasteiger partial charge in [0.25, 0.3) is 5.91 Å². The Balaban J connectivity index is 1.57. The quantitative estimate of drug-likeness (QED) is 0.710. The summed E-state index contributed by atoms with van der Waals surface area (Å²) in [6.07, 6.45) is 5.21. The Morgan fingerprint density at radius 1 is 1.07 bits per heavy atom. The first-order valence-electron chi connectivity index (χ1n) is 10.1. The van der Waals surface area contributed by atoms with Crippen molar-refractivity contribution < 1.29 is 9.53 Å². The fraction of sp³-hybridized carbons (Fsp3) is 0.348. The van der Waals surface area contributed by atoms with E-state index >= 15 is 0 Å². The predicted molar refractivity (Wildman–Crippen MR) is 114 cm³/mol. The Morgan fingerprint density at radius 3 is 2.55 bits per heavy atom. The second kappa shape index (κ2) is 8.47. The average molecular weight is 390 g/mol. The van der Waals surface area contributed by atoms with Crippen LogP contribution in [0.1, 0.15) is 48.1 Å². The summed E-state index contributed by atoms with van der Waals surface area (Å²) >= 11 is 0. The molecule has 1 aromatic heterocycles. The highest BCUT2D eigenvalue weighted by Gasteiger charge is 2.17. The number of piperidine rings is 1. The van der Waals surface area contributed by atoms with Gasteiger partial charge in [0, 0.05) is 24.0 Å². The van der Waals surface area contributed by atoms with E-state index in [-0.39, 0.29) is 11.9 Å². The number of rotatable bonds is 5. The number of ether oxygens (including phenoxy) is 1. The molecule has 4 rings (SSSR count). The van der Waals surface area contributed by atoms with Gasteiger partial charge < -0.3 is 15.0 Å². The molecule has 1 amide bonds. The Kier molecular flexibility index (Phi) is 5.60. The second-order valence-electron chi connectivity index (χ2n) is 7.45. The standard InChI is InChI=1S/C23H26N4O2/c1-16(17-6-9-19(29-2)10-7-17)26-23(28)18-8-11-21-20(14-18)22(25-15-24-21)27-12-4-3-5-13-27/h6-11,14-16H,3-5,12-13H2,1-2H3,(H,26,28)/t16-/m0/s1. The van der Waals surface area contributed by atoms with Crippen LogP contribution in [0.2, 0.25) is 0 Å². The topological polar surface area (TPSA) is 67.3 Å². The second-order valence-corrected chi connectivity index (χ2v) is 7.45. The van der Waals surface area contributed by atoms with Crippen LogP contribution in [0.25, 0.3) is 10.9 Å². The molecule has 6 heteroatoms. The number of benzene rings is 2. The number of hydrogen-bond acceptors (Lipinski definition) is 5. The highest BCUT2D eigenvalue weighted by Crippen LogP contribution is 2.27. The zero-order valence-corrected chi connectivity index (χ0v) is 16.9. The molecule has 0 unspecified atom stereocenters. The van der Waals surface area contributed by atoms with Crippen LogP contribution in [0.3, 0.4) is 0 Å². The Bertz CT molecular complexity index is 997. The van der Waals surface area contributed by atoms with Gasteiger partial charge in [0.15, 0.2) is 0 Å². The first-order chi connectivity index (χ1) is 14.2. The van der Waals surface area contributed by atoms with Crippen molar-refractivity contribution in [1.29, 1.82) is 0 Å². The number of amides is 1. The molecule has 1 fully saturated rings. The van der Waals surface area contributed by atoms with E-state index in [1.165, 1.54) is 19.3 Å². The van der Waals surface area contributed by atoms with Crippen LogP contribution in [-0.2, 0) is 0 Å². The van der Waals surface area contributed by atoms with Gasteiger partial charge in [0.2, 0.25) is 0 Å². The van der Waals surface area contributed by atoms with Crippen molar-refractivity contribution in [2.45, 2.75) is 32.2 Å². The maximum absolute atomic E-state index is 12.9. The first kappa shape index (κ1) is 19.2. The molecule has 6 nitrogen and oxygen atoms in total. The normalized spacial score (nSPS) is 15.2. The minimum atomic E-state index is -0.113. The zero-order chi connectivity index (χ0) is 20.2. The number of hydrogen-bond donors (Lipinski definition) is 1. The molecule has 1 aliphatic heterocycles. The molecule has 2 aromatic carbocycles. The number of methoxy groups -OCH3 is 1. The molecular weight excluding hydrogens is 364 g/mol. The van der Waals surface area contributed by atoms with Crippen LogP contribution in [-0.4, -0.2) is 36.1 Å². The lowest BCUT2D eigenvalue weighted by Gasteiger charge is -2.28. The molecule has 0 bridgehead atoms. The summed E-state index contributed by atoms with van der Waals surface area (Å²) in [7, 11) is 1.64. The smallest absolute Gasteiger partial charge is 0.251 e. The van der Waals surface area contributed by atoms with Gasteiger partial charge in [-0.2, -0.15) is 0 Å². The van der Waals surface area contributed by atoms with Gasteiger partial charge in [-0.25, -0.2) is 9.97 Å². The van der Waals surface area contributed by atoms with Gasteiger partial charge in [0.1, 0.15) is 17.9 Å². The van der Waals surface area contributed by atoms with Crippen LogP contribution >= 0.6 is 0 Å². The maximum atomic E-state index is 12.9. The number of carbonyl (C=O) groups excluding carboxylic acids is 1. The Morgan fingerprint density at radius 2 is 1.83 bits per heavy atom. The Labute approximate surface area is 170 Å². The van der Waals surface area contributed by atoms with Crippen molar-refractivity contribution in [3.05, 3.63) is 59.9 Å². The molecule has 1 saturated heterocycles. The molecule has 0 spiro atoms. The lowest BCUT2D eigenvalue weighted by Crippen LogP contribution is -2.30. The van der Waals surface area contributed by atoms with E-state index in [1.807, 2.05) is 49.4 Å². The minimum absolute atomic E-state index is 0.108. The summed E-state index contributed by atoms with van der Waals surface area (Å²) in [4.78, 5) is 24.1. The van der Waals surface area contributed by atoms with Gasteiger partial charge in [-0.1, -0.05) is 12.1 Å². The first-order valence-corrected chi connectivity index (χ1v) is 10.1. The maximum Gasteiger partial charge on any atom is 0.251 e. The van der Waals surface area contributed by atoms with Crippen molar-refractivity contribution in [3.63, 3.8) is 0 Å². The largest absolute Gasteiger partial charge is 0.497 e. The van der Waals surface area contributed by atoms with Crippen LogP contribution in [0.5, 0.6) is 5.75 Å². The molecule has 150 valence electrons. The monoisotopic (exact) mass is 390 g/mol. The van der Waals surface area contributed by atoms with Gasteiger partial charge >= 0.3 is 0 Å². The van der Waals surface area contributed by atoms with Gasteiger partial charge in [-0.15, -0.1) is 0 Å². The van der Waals surface area contributed by atoms with E-state index < -0.39 is 0 Å². The van der Waals surface area contributed by atoms with Gasteiger partial charge in [-0.05, 0) is 62.1 Å². The molecule has 1 N–H and O–H groups in total. The van der Waals surface area contributed by atoms with Crippen LogP contribution in [0.4, 0.5) is 5.82 Å². The SMILES string of the molecule is COc1ccc([C@H](C)NC(=O)c2ccc3ncnc(N4CCCCC4)c3c2)cc1. The summed E-state index contributed by atoms with van der Waals surface area (Å²) in [5.74, 6) is 1.61. The molecule has 0 aliphatic carbocycles. The van der Waals surface area contributed by atoms with E-state index in [9.17, 15) is 4.79 Å². The Hall–Kier alpha value is -3.15. The third kappa shape index (κ3) is 4.16. The van der Waals surface area contributed by atoms with E-state index in [0.717, 1.165) is 41.1 Å². The molecular formula is C23H26N4O2. The molecule has 1 aliphatic rings. The molecule has 0 radical (unpaired) electrons. The third-order valence-electron chi connectivity index (χ3n) is 5.50. The van der Waals surface area contributed by atoms with Gasteiger partial charge in [-0.3, -0.25) is 4.79 Å². The molecule has 3 aromatic rings. The molecule has 29 heavy (non-hydrogen) atoms. The fourth-order valence-corrected chi connectivity index (χ4v) is 3.80. The van der Waals surface area contributed by atoms with Crippen LogP contribution in [0.15, 0.2) is 48.8 Å². The van der Waals surface area contributed by atoms with Crippen molar-refractivity contribution >= 4 is 22.6 Å². The number of aromatic nitrogens is 2. The summed E-state index contributed by atoms with van der Waals surface area (Å²) in [5.41, 5.74) is 2.50. The number of nitrogens with one attached hydrogen (secondary N) is 1. The highest BCUT2D eigenvalue weighted by molar-refractivity contribution is 6.00. The molecule has 0 saturated carbocycles. The fourth-order valence-electron chi connectivity index (χ4n) is 3.80. The number of carbonyl (C=O) groups is 1. The van der Waals surface area contributed by atoms with E-state index in [2.05, 4.69) is 20.2 Å². The lowest BCUT2D eigenvalue weighted by atomic mass is 10.1. The average Bonchev–Trinajstić information content (AvgIpc) is 2.78. The lowest BCUT2D eigenvalue weighted by molar-refractivity contribution is 0.0940. The predicted octanol–water partition coefficient (Wildman–Crippen LogP) is 4.12. The summed E-state index contributed by atoms with van der Waals surface area (Å²) in [5, 5.41) is 4.01. The van der Waals surface area contributed by atoms with E-state index in [1.54, 1.807) is 13.4 Å². The molecule has 1 atom stereocenters. The summed E-state index contributed by atoms with van der Waals surface area (Å²) in [6.45, 7) is 3.97. The van der Waals surface area contributed by atoms with Crippen LogP contribution < -0.4 is 15.0 Å². The number of fused-ring (bicyclic) bond motifs is 1.